The number of amides is 4. The molecule has 6 heteroatoms. The van der Waals surface area contributed by atoms with Gasteiger partial charge in [0.25, 0.3) is 0 Å². The quantitative estimate of drug-likeness (QED) is 0.528. The number of fused-ring (bicyclic) bond motifs is 1. The molecule has 2 aromatic rings. The fourth-order valence-corrected chi connectivity index (χ4v) is 7.57. The Kier molecular flexibility index (Phi) is 4.08. The second-order valence-electron chi connectivity index (χ2n) is 10.3. The standard InChI is InChI=1S/C28H24N2O4/c31-25-21-17-11-12-18(22(21)26(32)29(25)13-15-7-3-1-4-8-15)20-19(17)23-24(20)28(34)30(27(23)33)14-16-9-5-2-6-10-16/h1-12,17-24H,13-14H2/t17-,18+,19+,20-,21+,22-,23-,24-/m0/s1. The van der Waals surface area contributed by atoms with Crippen LogP contribution >= 0.6 is 0 Å². The third kappa shape index (κ3) is 2.46. The van der Waals surface area contributed by atoms with Crippen molar-refractivity contribution >= 4 is 23.6 Å². The van der Waals surface area contributed by atoms with Crippen LogP contribution in [0.4, 0.5) is 0 Å². The molecule has 0 aromatic heterocycles. The lowest BCUT2D eigenvalue weighted by molar-refractivity contribution is -0.166. The predicted molar refractivity (Wildman–Crippen MR) is 121 cm³/mol. The van der Waals surface area contributed by atoms with E-state index in [1.165, 1.54) is 9.80 Å². The summed E-state index contributed by atoms with van der Waals surface area (Å²) in [4.78, 5) is 56.5. The highest BCUT2D eigenvalue weighted by molar-refractivity contribution is 6.09. The maximum Gasteiger partial charge on any atom is 0.234 e. The molecule has 0 radical (unpaired) electrons. The number of likely N-dealkylation sites (tertiary alicyclic amines) is 2. The molecule has 4 amide bonds. The van der Waals surface area contributed by atoms with Crippen molar-refractivity contribution in [1.82, 2.24) is 9.80 Å². The number of hydrogen-bond acceptors (Lipinski definition) is 4. The maximum atomic E-state index is 13.5. The van der Waals surface area contributed by atoms with Crippen LogP contribution in [-0.4, -0.2) is 33.4 Å². The molecule has 34 heavy (non-hydrogen) atoms. The Labute approximate surface area is 197 Å². The van der Waals surface area contributed by atoms with Crippen LogP contribution in [0.15, 0.2) is 72.8 Å². The minimum atomic E-state index is -0.417. The van der Waals surface area contributed by atoms with Crippen molar-refractivity contribution in [2.45, 2.75) is 13.1 Å². The molecule has 2 heterocycles. The van der Waals surface area contributed by atoms with Gasteiger partial charge in [-0.3, -0.25) is 29.0 Å². The number of hydrogen-bond donors (Lipinski definition) is 0. The number of carbonyl (C=O) groups is 4. The van der Waals surface area contributed by atoms with Crippen molar-refractivity contribution < 1.29 is 19.2 Å². The average molecular weight is 453 g/mol. The molecule has 8 atom stereocenters. The van der Waals surface area contributed by atoms with E-state index in [1.54, 1.807) is 0 Å². The number of carbonyl (C=O) groups excluding carboxylic acids is 4. The molecule has 2 bridgehead atoms. The lowest BCUT2D eigenvalue weighted by Crippen LogP contribution is -2.63. The van der Waals surface area contributed by atoms with Crippen LogP contribution in [0.5, 0.6) is 0 Å². The first-order chi connectivity index (χ1) is 16.6. The Balaban J connectivity index is 1.18. The van der Waals surface area contributed by atoms with Gasteiger partial charge in [-0.2, -0.15) is 0 Å². The highest BCUT2D eigenvalue weighted by Crippen LogP contribution is 2.68. The van der Waals surface area contributed by atoms with Crippen LogP contribution < -0.4 is 0 Å². The van der Waals surface area contributed by atoms with Gasteiger partial charge >= 0.3 is 0 Å². The fourth-order valence-electron chi connectivity index (χ4n) is 7.57. The molecule has 2 saturated heterocycles. The summed E-state index contributed by atoms with van der Waals surface area (Å²) in [6.45, 7) is 0.555. The number of allylic oxidation sites excluding steroid dienone is 2. The molecule has 2 saturated carbocycles. The maximum absolute atomic E-state index is 13.5. The molecule has 8 rings (SSSR count). The summed E-state index contributed by atoms with van der Waals surface area (Å²) in [5.41, 5.74) is 1.85. The average Bonchev–Trinajstić information content (AvgIpc) is 3.21. The van der Waals surface area contributed by atoms with E-state index in [-0.39, 0.29) is 72.2 Å². The third-order valence-electron chi connectivity index (χ3n) is 8.89. The summed E-state index contributed by atoms with van der Waals surface area (Å²) in [5, 5.41) is 0. The van der Waals surface area contributed by atoms with Gasteiger partial charge in [0.05, 0.1) is 36.8 Å². The van der Waals surface area contributed by atoms with Crippen molar-refractivity contribution in [3.63, 3.8) is 0 Å². The third-order valence-corrected chi connectivity index (χ3v) is 8.89. The van der Waals surface area contributed by atoms with E-state index in [2.05, 4.69) is 12.2 Å². The molecule has 0 spiro atoms. The normalized spacial score (nSPS) is 37.1. The highest BCUT2D eigenvalue weighted by Gasteiger charge is 2.74. The molecule has 0 N–H and O–H groups in total. The van der Waals surface area contributed by atoms with Crippen molar-refractivity contribution in [1.29, 1.82) is 0 Å². The molecule has 4 aliphatic carbocycles. The molecule has 6 nitrogen and oxygen atoms in total. The molecular formula is C28H24N2O4. The Morgan fingerprint density at radius 2 is 0.853 bits per heavy atom. The first kappa shape index (κ1) is 19.9. The summed E-state index contributed by atoms with van der Waals surface area (Å²) < 4.78 is 0. The van der Waals surface area contributed by atoms with Crippen LogP contribution in [0.2, 0.25) is 0 Å². The van der Waals surface area contributed by atoms with E-state index < -0.39 is 11.8 Å². The van der Waals surface area contributed by atoms with Crippen LogP contribution in [0, 0.1) is 47.3 Å². The summed E-state index contributed by atoms with van der Waals surface area (Å²) in [7, 11) is 0. The van der Waals surface area contributed by atoms with Crippen LogP contribution in [0.1, 0.15) is 11.1 Å². The second-order valence-corrected chi connectivity index (χ2v) is 10.3. The Morgan fingerprint density at radius 3 is 1.24 bits per heavy atom. The number of rotatable bonds is 4. The van der Waals surface area contributed by atoms with Gasteiger partial charge in [-0.15, -0.1) is 0 Å². The van der Waals surface area contributed by atoms with E-state index in [0.717, 1.165) is 11.1 Å². The van der Waals surface area contributed by atoms with Crippen LogP contribution in [-0.2, 0) is 32.3 Å². The van der Waals surface area contributed by atoms with Gasteiger partial charge in [0.2, 0.25) is 23.6 Å². The van der Waals surface area contributed by atoms with Crippen LogP contribution in [0.3, 0.4) is 0 Å². The Morgan fingerprint density at radius 1 is 0.500 bits per heavy atom. The predicted octanol–water partition coefficient (Wildman–Crippen LogP) is 2.65. The number of benzene rings is 2. The SMILES string of the molecule is O=C1[C@@H]2[C@H]3C=C[C@@H]([C@@H]2C(=O)N1Cc1ccccc1)[C@@H]1[C@@H]2C(=O)N(Cc4ccccc4)C(=O)[C@H]2[C@H]31. The molecule has 170 valence electrons. The summed E-state index contributed by atoms with van der Waals surface area (Å²) in [6.07, 6.45) is 4.11. The first-order valence-corrected chi connectivity index (χ1v) is 12.0. The number of imide groups is 2. The highest BCUT2D eigenvalue weighted by atomic mass is 16.2. The first-order valence-electron chi connectivity index (χ1n) is 12.0. The zero-order chi connectivity index (χ0) is 23.1. The van der Waals surface area contributed by atoms with Crippen molar-refractivity contribution in [3.8, 4) is 0 Å². The lowest BCUT2D eigenvalue weighted by atomic mass is 9.40. The van der Waals surface area contributed by atoms with Gasteiger partial charge < -0.3 is 0 Å². The lowest BCUT2D eigenvalue weighted by Gasteiger charge is -2.60. The molecule has 2 aliphatic heterocycles. The minimum Gasteiger partial charge on any atom is -0.278 e. The molecule has 6 aliphatic rings. The zero-order valence-electron chi connectivity index (χ0n) is 18.5. The molecule has 2 aromatic carbocycles. The second kappa shape index (κ2) is 6.98. The van der Waals surface area contributed by atoms with Gasteiger partial charge in [0.15, 0.2) is 0 Å². The van der Waals surface area contributed by atoms with E-state index >= 15 is 0 Å². The molecular weight excluding hydrogens is 428 g/mol. The fraction of sp³-hybridized carbons (Fsp3) is 0.357. The van der Waals surface area contributed by atoms with Gasteiger partial charge in [0, 0.05) is 0 Å². The minimum absolute atomic E-state index is 0.0353. The van der Waals surface area contributed by atoms with E-state index in [4.69, 9.17) is 0 Å². The van der Waals surface area contributed by atoms with Gasteiger partial charge in [-0.25, -0.2) is 0 Å². The van der Waals surface area contributed by atoms with E-state index in [9.17, 15) is 19.2 Å². The van der Waals surface area contributed by atoms with E-state index in [0.29, 0.717) is 0 Å². The zero-order valence-corrected chi connectivity index (χ0v) is 18.5. The molecule has 4 fully saturated rings. The summed E-state index contributed by atoms with van der Waals surface area (Å²) in [5.74, 6) is -2.45. The van der Waals surface area contributed by atoms with Crippen molar-refractivity contribution in [2.24, 2.45) is 47.3 Å². The summed E-state index contributed by atoms with van der Waals surface area (Å²) >= 11 is 0. The number of nitrogens with zero attached hydrogens (tertiary/aromatic N) is 2. The van der Waals surface area contributed by atoms with Crippen molar-refractivity contribution in [2.75, 3.05) is 0 Å². The van der Waals surface area contributed by atoms with Crippen molar-refractivity contribution in [3.05, 3.63) is 83.9 Å². The summed E-state index contributed by atoms with van der Waals surface area (Å²) in [6, 6.07) is 19.1. The van der Waals surface area contributed by atoms with Gasteiger partial charge in [0.1, 0.15) is 0 Å². The topological polar surface area (TPSA) is 74.8 Å². The van der Waals surface area contributed by atoms with Gasteiger partial charge in [-0.1, -0.05) is 72.8 Å². The van der Waals surface area contributed by atoms with Gasteiger partial charge in [-0.05, 0) is 34.8 Å². The Hall–Kier alpha value is -3.54. The molecule has 0 unspecified atom stereocenters. The van der Waals surface area contributed by atoms with Crippen LogP contribution in [0.25, 0.3) is 0 Å². The Bertz CT molecular complexity index is 1200. The largest absolute Gasteiger partial charge is 0.278 e. The monoisotopic (exact) mass is 452 g/mol. The van der Waals surface area contributed by atoms with E-state index in [1.807, 2.05) is 60.7 Å². The smallest absolute Gasteiger partial charge is 0.234 e.